The molecular formula is C22H28N2OS2. The number of nitrogens with zero attached hydrogens (tertiary/aromatic N) is 2. The lowest BCUT2D eigenvalue weighted by Crippen LogP contribution is -2.40. The molecule has 3 nitrogen and oxygen atoms in total. The van der Waals surface area contributed by atoms with Gasteiger partial charge in [0.25, 0.3) is 0 Å². The molecule has 4 rings (SSSR count). The molecule has 0 aliphatic heterocycles. The Bertz CT molecular complexity index is 739. The number of oxime groups is 1. The summed E-state index contributed by atoms with van der Waals surface area (Å²) in [6.07, 6.45) is 8.98. The van der Waals surface area contributed by atoms with E-state index >= 15 is 0 Å². The average molecular weight is 401 g/mol. The summed E-state index contributed by atoms with van der Waals surface area (Å²) < 4.78 is 0. The van der Waals surface area contributed by atoms with Gasteiger partial charge in [-0.15, -0.1) is 22.7 Å². The molecule has 1 unspecified atom stereocenters. The second-order valence-electron chi connectivity index (χ2n) is 7.57. The lowest BCUT2D eigenvalue weighted by atomic mass is 9.78. The van der Waals surface area contributed by atoms with Crippen LogP contribution >= 0.6 is 22.7 Å². The van der Waals surface area contributed by atoms with Crippen LogP contribution in [0.25, 0.3) is 0 Å². The number of thiophene rings is 2. The van der Waals surface area contributed by atoms with E-state index in [1.165, 1.54) is 28.2 Å². The van der Waals surface area contributed by atoms with E-state index in [9.17, 15) is 5.21 Å². The molecule has 2 aliphatic rings. The minimum atomic E-state index is 0.627. The molecule has 0 amide bonds. The van der Waals surface area contributed by atoms with Gasteiger partial charge in [0.15, 0.2) is 0 Å². The molecule has 2 aliphatic carbocycles. The van der Waals surface area contributed by atoms with Crippen LogP contribution in [0.15, 0.2) is 51.3 Å². The van der Waals surface area contributed by atoms with Gasteiger partial charge in [0.2, 0.25) is 0 Å². The third-order valence-corrected chi connectivity index (χ3v) is 7.84. The van der Waals surface area contributed by atoms with Crippen molar-refractivity contribution in [2.75, 3.05) is 13.1 Å². The first-order valence-corrected chi connectivity index (χ1v) is 11.8. The average Bonchev–Trinajstić information content (AvgIpc) is 3.41. The first-order chi connectivity index (χ1) is 13.3. The number of rotatable bonds is 7. The summed E-state index contributed by atoms with van der Waals surface area (Å²) in [5.41, 5.74) is 3.89. The first-order valence-electron chi connectivity index (χ1n) is 10.0. The van der Waals surface area contributed by atoms with E-state index in [2.05, 4.69) is 45.1 Å². The van der Waals surface area contributed by atoms with Gasteiger partial charge in [-0.2, -0.15) is 0 Å². The fourth-order valence-corrected chi connectivity index (χ4v) is 5.93. The Labute approximate surface area is 170 Å². The van der Waals surface area contributed by atoms with Crippen molar-refractivity contribution in [3.05, 3.63) is 55.9 Å². The molecule has 5 heteroatoms. The smallest absolute Gasteiger partial charge is 0.0827 e. The molecule has 0 saturated carbocycles. The van der Waals surface area contributed by atoms with Crippen molar-refractivity contribution in [1.29, 1.82) is 0 Å². The topological polar surface area (TPSA) is 35.8 Å². The van der Waals surface area contributed by atoms with Gasteiger partial charge in [0.1, 0.15) is 0 Å². The maximum atomic E-state index is 9.33. The highest BCUT2D eigenvalue weighted by molar-refractivity contribution is 7.10. The maximum Gasteiger partial charge on any atom is 0.0827 e. The minimum absolute atomic E-state index is 0.627. The first kappa shape index (κ1) is 18.9. The van der Waals surface area contributed by atoms with E-state index in [1.807, 2.05) is 22.7 Å². The Morgan fingerprint density at radius 2 is 1.70 bits per heavy atom. The van der Waals surface area contributed by atoms with Gasteiger partial charge in [-0.05, 0) is 79.8 Å². The van der Waals surface area contributed by atoms with Crippen molar-refractivity contribution in [1.82, 2.24) is 4.90 Å². The second-order valence-corrected chi connectivity index (χ2v) is 9.64. The van der Waals surface area contributed by atoms with Crippen molar-refractivity contribution in [2.24, 2.45) is 5.16 Å². The highest BCUT2D eigenvalue weighted by Gasteiger charge is 2.29. The van der Waals surface area contributed by atoms with E-state index in [0.29, 0.717) is 6.04 Å². The standard InChI is InChI=1S/C22H28N2OS2/c25-23-22-7-1-4-17-16-18(8-9-21(17)22)24(12-10-19-5-2-14-26-19)13-11-20-6-3-15-27-20/h2-3,5-6,14-15,18,25H,1,4,7-13,16H2/b23-22+. The van der Waals surface area contributed by atoms with Crippen molar-refractivity contribution in [3.63, 3.8) is 0 Å². The molecule has 0 bridgehead atoms. The molecule has 1 atom stereocenters. The van der Waals surface area contributed by atoms with E-state index in [1.54, 1.807) is 5.57 Å². The summed E-state index contributed by atoms with van der Waals surface area (Å²) in [5, 5.41) is 17.3. The van der Waals surface area contributed by atoms with Crippen LogP contribution in [0.2, 0.25) is 0 Å². The Morgan fingerprint density at radius 3 is 2.30 bits per heavy atom. The van der Waals surface area contributed by atoms with Crippen LogP contribution in [-0.2, 0) is 12.8 Å². The van der Waals surface area contributed by atoms with Crippen LogP contribution in [0.5, 0.6) is 0 Å². The Balaban J connectivity index is 1.45. The molecule has 2 aromatic rings. The van der Waals surface area contributed by atoms with Crippen LogP contribution in [-0.4, -0.2) is 35.0 Å². The lowest BCUT2D eigenvalue weighted by Gasteiger charge is -2.38. The highest BCUT2D eigenvalue weighted by atomic mass is 32.1. The van der Waals surface area contributed by atoms with Gasteiger partial charge in [0, 0.05) is 28.9 Å². The minimum Gasteiger partial charge on any atom is -0.411 e. The molecule has 2 aromatic heterocycles. The van der Waals surface area contributed by atoms with Crippen molar-refractivity contribution < 1.29 is 5.21 Å². The zero-order valence-corrected chi connectivity index (χ0v) is 17.4. The zero-order valence-electron chi connectivity index (χ0n) is 15.8. The molecule has 0 saturated heterocycles. The summed E-state index contributed by atoms with van der Waals surface area (Å²) in [6.45, 7) is 2.28. The molecule has 27 heavy (non-hydrogen) atoms. The van der Waals surface area contributed by atoms with Crippen molar-refractivity contribution in [2.45, 2.75) is 57.4 Å². The fourth-order valence-electron chi connectivity index (χ4n) is 4.54. The molecule has 0 fully saturated rings. The molecule has 2 heterocycles. The van der Waals surface area contributed by atoms with Crippen LogP contribution in [0.1, 0.15) is 48.3 Å². The Hall–Kier alpha value is -1.43. The summed E-state index contributed by atoms with van der Waals surface area (Å²) in [4.78, 5) is 5.70. The SMILES string of the molecule is O/N=C1\CCCC2=C1CCC(N(CCc1cccs1)CCc1cccs1)C2. The highest BCUT2D eigenvalue weighted by Crippen LogP contribution is 2.36. The summed E-state index contributed by atoms with van der Waals surface area (Å²) >= 11 is 3.74. The molecule has 0 aromatic carbocycles. The molecule has 1 N–H and O–H groups in total. The number of hydrogen-bond acceptors (Lipinski definition) is 5. The maximum absolute atomic E-state index is 9.33. The molecule has 144 valence electrons. The Kier molecular flexibility index (Phi) is 6.43. The third kappa shape index (κ3) is 4.71. The second kappa shape index (κ2) is 9.18. The van der Waals surface area contributed by atoms with Gasteiger partial charge < -0.3 is 5.21 Å². The molecule has 0 radical (unpaired) electrons. The predicted molar refractivity (Wildman–Crippen MR) is 115 cm³/mol. The van der Waals surface area contributed by atoms with Crippen LogP contribution in [0, 0.1) is 0 Å². The van der Waals surface area contributed by atoms with Gasteiger partial charge in [-0.1, -0.05) is 22.9 Å². The lowest BCUT2D eigenvalue weighted by molar-refractivity contribution is 0.183. The fraction of sp³-hybridized carbons (Fsp3) is 0.500. The molecule has 0 spiro atoms. The summed E-state index contributed by atoms with van der Waals surface area (Å²) in [6, 6.07) is 9.46. The molecular weight excluding hydrogens is 372 g/mol. The van der Waals surface area contributed by atoms with E-state index in [-0.39, 0.29) is 0 Å². The van der Waals surface area contributed by atoms with E-state index in [0.717, 1.165) is 57.3 Å². The normalized spacial score (nSPS) is 21.8. The van der Waals surface area contributed by atoms with Gasteiger partial charge in [-0.3, -0.25) is 4.90 Å². The largest absolute Gasteiger partial charge is 0.411 e. The third-order valence-electron chi connectivity index (χ3n) is 5.96. The van der Waals surface area contributed by atoms with Crippen LogP contribution in [0.4, 0.5) is 0 Å². The quantitative estimate of drug-likeness (QED) is 0.474. The van der Waals surface area contributed by atoms with Gasteiger partial charge in [0.05, 0.1) is 5.71 Å². The summed E-state index contributed by atoms with van der Waals surface area (Å²) in [5.74, 6) is 0. The van der Waals surface area contributed by atoms with Crippen LogP contribution < -0.4 is 0 Å². The summed E-state index contributed by atoms with van der Waals surface area (Å²) in [7, 11) is 0. The predicted octanol–water partition coefficient (Wildman–Crippen LogP) is 5.76. The van der Waals surface area contributed by atoms with Crippen molar-refractivity contribution >= 4 is 28.4 Å². The Morgan fingerprint density at radius 1 is 1.00 bits per heavy atom. The van der Waals surface area contributed by atoms with Gasteiger partial charge in [-0.25, -0.2) is 0 Å². The monoisotopic (exact) mass is 400 g/mol. The van der Waals surface area contributed by atoms with Gasteiger partial charge >= 0.3 is 0 Å². The van der Waals surface area contributed by atoms with E-state index in [4.69, 9.17) is 0 Å². The zero-order chi connectivity index (χ0) is 18.5. The number of allylic oxidation sites excluding steroid dienone is 1. The van der Waals surface area contributed by atoms with E-state index < -0.39 is 0 Å². The number of hydrogen-bond donors (Lipinski definition) is 1. The van der Waals surface area contributed by atoms with Crippen molar-refractivity contribution in [3.8, 4) is 0 Å². The van der Waals surface area contributed by atoms with Crippen LogP contribution in [0.3, 0.4) is 0 Å².